The molecule has 5 nitrogen and oxygen atoms in total. The summed E-state index contributed by atoms with van der Waals surface area (Å²) in [6.45, 7) is 7.84. The van der Waals surface area contributed by atoms with Crippen LogP contribution in [0.2, 0.25) is 0 Å². The highest BCUT2D eigenvalue weighted by Gasteiger charge is 2.43. The van der Waals surface area contributed by atoms with E-state index in [1.807, 2.05) is 7.05 Å². The minimum absolute atomic E-state index is 0. The van der Waals surface area contributed by atoms with Crippen molar-refractivity contribution in [1.82, 2.24) is 15.1 Å². The summed E-state index contributed by atoms with van der Waals surface area (Å²) in [6, 6.07) is 0. The molecule has 3 fully saturated rings. The van der Waals surface area contributed by atoms with E-state index in [4.69, 9.17) is 4.74 Å². The summed E-state index contributed by atoms with van der Waals surface area (Å²) in [5, 5.41) is 3.66. The lowest BCUT2D eigenvalue weighted by Crippen LogP contribution is -2.45. The molecule has 0 atom stereocenters. The molecule has 0 amide bonds. The Labute approximate surface area is 164 Å². The van der Waals surface area contributed by atoms with Gasteiger partial charge in [-0.3, -0.25) is 4.99 Å². The van der Waals surface area contributed by atoms with E-state index >= 15 is 0 Å². The number of guanidine groups is 1. The summed E-state index contributed by atoms with van der Waals surface area (Å²) in [5.41, 5.74) is 0.643. The van der Waals surface area contributed by atoms with Gasteiger partial charge in [0.05, 0.1) is 6.61 Å². The van der Waals surface area contributed by atoms with Crippen LogP contribution in [0, 0.1) is 11.3 Å². The molecular formula is C18H35IN4O. The van der Waals surface area contributed by atoms with E-state index in [0.29, 0.717) is 5.41 Å². The second-order valence-electron chi connectivity index (χ2n) is 7.73. The Morgan fingerprint density at radius 3 is 2.50 bits per heavy atom. The average molecular weight is 450 g/mol. The number of likely N-dealkylation sites (tertiary alicyclic amines) is 2. The first kappa shape index (κ1) is 20.2. The van der Waals surface area contributed by atoms with Crippen LogP contribution < -0.4 is 5.32 Å². The fourth-order valence-corrected chi connectivity index (χ4v) is 4.40. The van der Waals surface area contributed by atoms with Gasteiger partial charge in [-0.25, -0.2) is 0 Å². The van der Waals surface area contributed by atoms with Gasteiger partial charge < -0.3 is 19.9 Å². The third-order valence-corrected chi connectivity index (χ3v) is 6.23. The maximum Gasteiger partial charge on any atom is 0.193 e. The number of methoxy groups -OCH3 is 1. The van der Waals surface area contributed by atoms with Gasteiger partial charge in [-0.1, -0.05) is 6.42 Å². The van der Waals surface area contributed by atoms with Crippen LogP contribution in [-0.2, 0) is 4.74 Å². The second-order valence-corrected chi connectivity index (χ2v) is 7.73. The highest BCUT2D eigenvalue weighted by atomic mass is 127. The molecule has 1 aliphatic carbocycles. The molecule has 0 aromatic rings. The van der Waals surface area contributed by atoms with Gasteiger partial charge in [-0.05, 0) is 56.5 Å². The SMILES string of the molecule is CN=C(NCC1CCN(CCOC)CC1)N1CCC2(CCC2)C1.I. The first-order chi connectivity index (χ1) is 11.2. The molecule has 2 aliphatic heterocycles. The Balaban J connectivity index is 0.00000208. The number of nitrogens with one attached hydrogen (secondary N) is 1. The van der Waals surface area contributed by atoms with E-state index in [0.717, 1.165) is 31.6 Å². The van der Waals surface area contributed by atoms with Gasteiger partial charge in [-0.15, -0.1) is 24.0 Å². The summed E-state index contributed by atoms with van der Waals surface area (Å²) in [4.78, 5) is 9.55. The first-order valence-electron chi connectivity index (χ1n) is 9.42. The zero-order valence-electron chi connectivity index (χ0n) is 15.4. The minimum atomic E-state index is 0. The van der Waals surface area contributed by atoms with Crippen LogP contribution in [0.25, 0.3) is 0 Å². The van der Waals surface area contributed by atoms with Crippen LogP contribution in [0.5, 0.6) is 0 Å². The average Bonchev–Trinajstić information content (AvgIpc) is 3.00. The smallest absolute Gasteiger partial charge is 0.193 e. The van der Waals surface area contributed by atoms with Gasteiger partial charge in [0.25, 0.3) is 0 Å². The van der Waals surface area contributed by atoms with Crippen molar-refractivity contribution >= 4 is 29.9 Å². The summed E-state index contributed by atoms with van der Waals surface area (Å²) >= 11 is 0. The Morgan fingerprint density at radius 1 is 1.21 bits per heavy atom. The predicted molar refractivity (Wildman–Crippen MR) is 110 cm³/mol. The van der Waals surface area contributed by atoms with Crippen molar-refractivity contribution in [2.75, 3.05) is 60.0 Å². The van der Waals surface area contributed by atoms with Crippen molar-refractivity contribution < 1.29 is 4.74 Å². The largest absolute Gasteiger partial charge is 0.383 e. The van der Waals surface area contributed by atoms with Crippen LogP contribution in [0.3, 0.4) is 0 Å². The van der Waals surface area contributed by atoms with E-state index in [1.54, 1.807) is 7.11 Å². The Morgan fingerprint density at radius 2 is 1.96 bits per heavy atom. The standard InChI is InChI=1S/C18H34N4O.HI/c1-19-17(22-11-8-18(15-22)6-3-7-18)20-14-16-4-9-21(10-5-16)12-13-23-2;/h16H,3-15H2,1-2H3,(H,19,20);1H. The molecule has 140 valence electrons. The summed E-state index contributed by atoms with van der Waals surface area (Å²) in [6.07, 6.45) is 8.24. The highest BCUT2D eigenvalue weighted by molar-refractivity contribution is 14.0. The molecular weight excluding hydrogens is 415 g/mol. The molecule has 1 spiro atoms. The van der Waals surface area contributed by atoms with Crippen LogP contribution in [0.1, 0.15) is 38.5 Å². The summed E-state index contributed by atoms with van der Waals surface area (Å²) in [5.74, 6) is 1.92. The molecule has 3 aliphatic rings. The molecule has 6 heteroatoms. The number of hydrogen-bond donors (Lipinski definition) is 1. The van der Waals surface area contributed by atoms with Crippen molar-refractivity contribution in [1.29, 1.82) is 0 Å². The van der Waals surface area contributed by atoms with E-state index in [9.17, 15) is 0 Å². The van der Waals surface area contributed by atoms with Crippen LogP contribution in [0.4, 0.5) is 0 Å². The Bertz CT molecular complexity index is 406. The van der Waals surface area contributed by atoms with Crippen molar-refractivity contribution in [3.8, 4) is 0 Å². The lowest BCUT2D eigenvalue weighted by molar-refractivity contribution is 0.120. The molecule has 0 aromatic carbocycles. The van der Waals surface area contributed by atoms with Crippen molar-refractivity contribution in [3.63, 3.8) is 0 Å². The summed E-state index contributed by atoms with van der Waals surface area (Å²) < 4.78 is 5.18. The monoisotopic (exact) mass is 450 g/mol. The second kappa shape index (κ2) is 9.57. The van der Waals surface area contributed by atoms with Crippen LogP contribution >= 0.6 is 24.0 Å². The van der Waals surface area contributed by atoms with Crippen LogP contribution in [0.15, 0.2) is 4.99 Å². The van der Waals surface area contributed by atoms with E-state index in [1.165, 1.54) is 64.7 Å². The molecule has 2 saturated heterocycles. The zero-order valence-corrected chi connectivity index (χ0v) is 17.8. The lowest BCUT2D eigenvalue weighted by atomic mass is 9.68. The third-order valence-electron chi connectivity index (χ3n) is 6.23. The number of hydrogen-bond acceptors (Lipinski definition) is 3. The van der Waals surface area contributed by atoms with E-state index in [2.05, 4.69) is 20.1 Å². The number of ether oxygens (including phenoxy) is 1. The molecule has 1 N–H and O–H groups in total. The van der Waals surface area contributed by atoms with Gasteiger partial charge in [0.1, 0.15) is 0 Å². The topological polar surface area (TPSA) is 40.1 Å². The van der Waals surface area contributed by atoms with E-state index < -0.39 is 0 Å². The van der Waals surface area contributed by atoms with Gasteiger partial charge in [0, 0.05) is 40.3 Å². The normalized spacial score (nSPS) is 24.8. The number of halogens is 1. The van der Waals surface area contributed by atoms with Crippen LogP contribution in [-0.4, -0.2) is 75.8 Å². The molecule has 3 rings (SSSR count). The number of rotatable bonds is 5. The maximum atomic E-state index is 5.18. The fourth-order valence-electron chi connectivity index (χ4n) is 4.40. The molecule has 1 saturated carbocycles. The summed E-state index contributed by atoms with van der Waals surface area (Å²) in [7, 11) is 3.72. The number of piperidine rings is 1. The fraction of sp³-hybridized carbons (Fsp3) is 0.944. The van der Waals surface area contributed by atoms with Gasteiger partial charge in [0.2, 0.25) is 0 Å². The number of nitrogens with zero attached hydrogens (tertiary/aromatic N) is 3. The predicted octanol–water partition coefficient (Wildman–Crippen LogP) is 2.41. The Hall–Kier alpha value is -0.0800. The molecule has 24 heavy (non-hydrogen) atoms. The van der Waals surface area contributed by atoms with Crippen molar-refractivity contribution in [2.24, 2.45) is 16.3 Å². The van der Waals surface area contributed by atoms with Gasteiger partial charge in [0.15, 0.2) is 5.96 Å². The number of aliphatic imine (C=N–C) groups is 1. The van der Waals surface area contributed by atoms with Gasteiger partial charge in [-0.2, -0.15) is 0 Å². The molecule has 0 radical (unpaired) electrons. The quantitative estimate of drug-likeness (QED) is 0.397. The van der Waals surface area contributed by atoms with E-state index in [-0.39, 0.29) is 24.0 Å². The minimum Gasteiger partial charge on any atom is -0.383 e. The molecule has 0 aromatic heterocycles. The molecule has 2 heterocycles. The highest BCUT2D eigenvalue weighted by Crippen LogP contribution is 2.47. The Kier molecular flexibility index (Phi) is 8.07. The lowest BCUT2D eigenvalue weighted by Gasteiger charge is -2.38. The molecule has 0 unspecified atom stereocenters. The van der Waals surface area contributed by atoms with Crippen molar-refractivity contribution in [3.05, 3.63) is 0 Å². The van der Waals surface area contributed by atoms with Crippen molar-refractivity contribution in [2.45, 2.75) is 38.5 Å². The maximum absolute atomic E-state index is 5.18. The zero-order chi connectivity index (χ0) is 16.1. The van der Waals surface area contributed by atoms with Gasteiger partial charge >= 0.3 is 0 Å². The molecule has 0 bridgehead atoms. The first-order valence-corrected chi connectivity index (χ1v) is 9.42. The third kappa shape index (κ3) is 4.97.